The molecule has 0 spiro atoms. The van der Waals surface area contributed by atoms with Crippen molar-refractivity contribution in [2.24, 2.45) is 5.92 Å². The number of alkyl halides is 3. The molecule has 4 nitrogen and oxygen atoms in total. The Hall–Kier alpha value is -1.47. The lowest BCUT2D eigenvalue weighted by Gasteiger charge is -2.22. The molecular formula is C14H16ClF3N2O2. The number of rotatable bonds is 4. The number of piperidine rings is 1. The van der Waals surface area contributed by atoms with E-state index in [4.69, 9.17) is 16.3 Å². The molecular weight excluding hydrogens is 321 g/mol. The molecule has 0 saturated carbocycles. The topological polar surface area (TPSA) is 50.4 Å². The molecule has 1 saturated heterocycles. The minimum absolute atomic E-state index is 0.0954. The molecule has 1 aromatic carbocycles. The summed E-state index contributed by atoms with van der Waals surface area (Å²) in [5, 5.41) is 5.95. The largest absolute Gasteiger partial charge is 0.482 e. The van der Waals surface area contributed by atoms with Gasteiger partial charge in [0.25, 0.3) is 0 Å². The van der Waals surface area contributed by atoms with Crippen LogP contribution in [0.2, 0.25) is 5.02 Å². The molecule has 1 aliphatic rings. The highest BCUT2D eigenvalue weighted by Gasteiger charge is 2.29. The van der Waals surface area contributed by atoms with Crippen LogP contribution in [0, 0.1) is 5.92 Å². The Morgan fingerprint density at radius 2 is 2.23 bits per heavy atom. The lowest BCUT2D eigenvalue weighted by atomic mass is 9.99. The van der Waals surface area contributed by atoms with E-state index in [9.17, 15) is 18.0 Å². The highest BCUT2D eigenvalue weighted by atomic mass is 35.5. The summed E-state index contributed by atoms with van der Waals surface area (Å²) >= 11 is 5.77. The Balaban J connectivity index is 2.07. The fourth-order valence-corrected chi connectivity index (χ4v) is 2.35. The van der Waals surface area contributed by atoms with Crippen molar-refractivity contribution >= 4 is 23.2 Å². The van der Waals surface area contributed by atoms with Crippen LogP contribution >= 0.6 is 11.6 Å². The SMILES string of the molecule is O=C(Nc1ccc(Cl)cc1OCC(F)(F)F)C1CCCNC1. The van der Waals surface area contributed by atoms with Gasteiger partial charge in [-0.25, -0.2) is 0 Å². The number of nitrogens with one attached hydrogen (secondary N) is 2. The maximum Gasteiger partial charge on any atom is 0.422 e. The van der Waals surface area contributed by atoms with E-state index in [0.717, 1.165) is 19.4 Å². The van der Waals surface area contributed by atoms with E-state index in [-0.39, 0.29) is 28.3 Å². The van der Waals surface area contributed by atoms with Crippen molar-refractivity contribution in [3.05, 3.63) is 23.2 Å². The third-order valence-electron chi connectivity index (χ3n) is 3.26. The van der Waals surface area contributed by atoms with Crippen molar-refractivity contribution in [1.29, 1.82) is 0 Å². The van der Waals surface area contributed by atoms with Crippen molar-refractivity contribution in [1.82, 2.24) is 5.32 Å². The van der Waals surface area contributed by atoms with E-state index < -0.39 is 12.8 Å². The zero-order chi connectivity index (χ0) is 16.2. The third-order valence-corrected chi connectivity index (χ3v) is 3.50. The van der Waals surface area contributed by atoms with E-state index in [2.05, 4.69) is 10.6 Å². The van der Waals surface area contributed by atoms with Gasteiger partial charge >= 0.3 is 6.18 Å². The van der Waals surface area contributed by atoms with Crippen molar-refractivity contribution in [3.8, 4) is 5.75 Å². The van der Waals surface area contributed by atoms with Crippen LogP contribution in [0.3, 0.4) is 0 Å². The highest BCUT2D eigenvalue weighted by Crippen LogP contribution is 2.30. The van der Waals surface area contributed by atoms with Crippen LogP contribution < -0.4 is 15.4 Å². The fourth-order valence-electron chi connectivity index (χ4n) is 2.19. The van der Waals surface area contributed by atoms with Gasteiger partial charge < -0.3 is 15.4 Å². The van der Waals surface area contributed by atoms with Gasteiger partial charge in [-0.05, 0) is 31.5 Å². The zero-order valence-electron chi connectivity index (χ0n) is 11.7. The molecule has 0 aromatic heterocycles. The van der Waals surface area contributed by atoms with E-state index >= 15 is 0 Å². The Labute approximate surface area is 131 Å². The molecule has 1 amide bonds. The first-order chi connectivity index (χ1) is 10.3. The summed E-state index contributed by atoms with van der Waals surface area (Å²) in [5.74, 6) is -0.548. The lowest BCUT2D eigenvalue weighted by Crippen LogP contribution is -2.37. The van der Waals surface area contributed by atoms with Crippen LogP contribution in [-0.2, 0) is 4.79 Å². The first-order valence-electron chi connectivity index (χ1n) is 6.86. The number of ether oxygens (including phenoxy) is 1. The Morgan fingerprint density at radius 1 is 1.45 bits per heavy atom. The number of carbonyl (C=O) groups excluding carboxylic acids is 1. The molecule has 1 heterocycles. The Bertz CT molecular complexity index is 531. The zero-order valence-corrected chi connectivity index (χ0v) is 12.4. The molecule has 2 N–H and O–H groups in total. The predicted octanol–water partition coefficient (Wildman–Crippen LogP) is 3.22. The van der Waals surface area contributed by atoms with Crippen LogP contribution in [0.15, 0.2) is 18.2 Å². The Morgan fingerprint density at radius 3 is 2.86 bits per heavy atom. The lowest BCUT2D eigenvalue weighted by molar-refractivity contribution is -0.153. The number of halogens is 4. The number of benzene rings is 1. The minimum atomic E-state index is -4.46. The first kappa shape index (κ1) is 16.9. The summed E-state index contributed by atoms with van der Waals surface area (Å²) in [4.78, 5) is 12.1. The number of anilines is 1. The van der Waals surface area contributed by atoms with Gasteiger partial charge in [0.15, 0.2) is 6.61 Å². The molecule has 1 unspecified atom stereocenters. The van der Waals surface area contributed by atoms with Crippen LogP contribution in [0.25, 0.3) is 0 Å². The predicted molar refractivity (Wildman–Crippen MR) is 77.2 cm³/mol. The maximum absolute atomic E-state index is 12.3. The van der Waals surface area contributed by atoms with Gasteiger partial charge in [-0.1, -0.05) is 11.6 Å². The van der Waals surface area contributed by atoms with Gasteiger partial charge in [0.2, 0.25) is 5.91 Å². The molecule has 122 valence electrons. The summed E-state index contributed by atoms with van der Waals surface area (Å²) in [6, 6.07) is 4.17. The quantitative estimate of drug-likeness (QED) is 0.887. The second-order valence-electron chi connectivity index (χ2n) is 5.08. The van der Waals surface area contributed by atoms with Crippen LogP contribution in [0.4, 0.5) is 18.9 Å². The van der Waals surface area contributed by atoms with Gasteiger partial charge in [0, 0.05) is 17.6 Å². The normalized spacial score (nSPS) is 18.8. The average molecular weight is 337 g/mol. The summed E-state index contributed by atoms with van der Waals surface area (Å²) < 4.78 is 41.6. The monoisotopic (exact) mass is 336 g/mol. The molecule has 1 aliphatic heterocycles. The van der Waals surface area contributed by atoms with Crippen LogP contribution in [-0.4, -0.2) is 31.8 Å². The molecule has 22 heavy (non-hydrogen) atoms. The highest BCUT2D eigenvalue weighted by molar-refractivity contribution is 6.30. The summed E-state index contributed by atoms with van der Waals surface area (Å²) in [7, 11) is 0. The fraction of sp³-hybridized carbons (Fsp3) is 0.500. The van der Waals surface area contributed by atoms with Crippen molar-refractivity contribution in [3.63, 3.8) is 0 Å². The third kappa shape index (κ3) is 5.06. The van der Waals surface area contributed by atoms with Gasteiger partial charge in [0.05, 0.1) is 11.6 Å². The standard InChI is InChI=1S/C14H16ClF3N2O2/c15-10-3-4-11(12(6-10)22-8-14(16,17)18)20-13(21)9-2-1-5-19-7-9/h3-4,6,9,19H,1-2,5,7-8H2,(H,20,21). The van der Waals surface area contributed by atoms with E-state index in [1.54, 1.807) is 0 Å². The molecule has 1 aromatic rings. The van der Waals surface area contributed by atoms with Gasteiger partial charge in [-0.2, -0.15) is 13.2 Å². The average Bonchev–Trinajstić information content (AvgIpc) is 2.47. The van der Waals surface area contributed by atoms with E-state index in [0.29, 0.717) is 6.54 Å². The number of amides is 1. The molecule has 8 heteroatoms. The second-order valence-corrected chi connectivity index (χ2v) is 5.51. The molecule has 2 rings (SSSR count). The van der Waals surface area contributed by atoms with E-state index in [1.807, 2.05) is 0 Å². The molecule has 0 radical (unpaired) electrons. The number of carbonyl (C=O) groups is 1. The summed E-state index contributed by atoms with van der Waals surface area (Å²) in [6.07, 6.45) is -2.84. The van der Waals surface area contributed by atoms with Gasteiger partial charge in [0.1, 0.15) is 5.75 Å². The molecule has 1 fully saturated rings. The molecule has 0 bridgehead atoms. The minimum Gasteiger partial charge on any atom is -0.482 e. The maximum atomic E-state index is 12.3. The molecule has 0 aliphatic carbocycles. The van der Waals surface area contributed by atoms with Crippen molar-refractivity contribution in [2.45, 2.75) is 19.0 Å². The first-order valence-corrected chi connectivity index (χ1v) is 7.23. The Kier molecular flexibility index (Phi) is 5.52. The van der Waals surface area contributed by atoms with Crippen molar-refractivity contribution < 1.29 is 22.7 Å². The number of hydrogen-bond donors (Lipinski definition) is 2. The van der Waals surface area contributed by atoms with E-state index in [1.165, 1.54) is 18.2 Å². The van der Waals surface area contributed by atoms with Gasteiger partial charge in [-0.15, -0.1) is 0 Å². The number of hydrogen-bond acceptors (Lipinski definition) is 3. The second kappa shape index (κ2) is 7.19. The van der Waals surface area contributed by atoms with Gasteiger partial charge in [-0.3, -0.25) is 4.79 Å². The molecule has 1 atom stereocenters. The van der Waals surface area contributed by atoms with Crippen LogP contribution in [0.5, 0.6) is 5.75 Å². The smallest absolute Gasteiger partial charge is 0.422 e. The van der Waals surface area contributed by atoms with Crippen molar-refractivity contribution in [2.75, 3.05) is 25.0 Å². The van der Waals surface area contributed by atoms with Crippen LogP contribution in [0.1, 0.15) is 12.8 Å². The summed E-state index contributed by atoms with van der Waals surface area (Å²) in [5.41, 5.74) is 0.184. The summed E-state index contributed by atoms with van der Waals surface area (Å²) in [6.45, 7) is -0.0238.